The topological polar surface area (TPSA) is 66.1 Å². The van der Waals surface area contributed by atoms with Crippen LogP contribution in [0.15, 0.2) is 59.7 Å². The number of hydrogen-bond donors (Lipinski definition) is 0. The Bertz CT molecular complexity index is 1190. The van der Waals surface area contributed by atoms with Crippen molar-refractivity contribution in [1.29, 1.82) is 0 Å². The molecule has 6 heteroatoms. The summed E-state index contributed by atoms with van der Waals surface area (Å²) in [5.41, 5.74) is 1.51. The summed E-state index contributed by atoms with van der Waals surface area (Å²) in [7, 11) is 3.39. The number of aryl methyl sites for hydroxylation is 1. The third-order valence-corrected chi connectivity index (χ3v) is 4.52. The Morgan fingerprint density at radius 3 is 2.65 bits per heavy atom. The van der Waals surface area contributed by atoms with E-state index in [2.05, 4.69) is 4.98 Å². The smallest absolute Gasteiger partial charge is 0.265 e. The van der Waals surface area contributed by atoms with Crippen LogP contribution in [0.2, 0.25) is 0 Å². The molecule has 0 saturated carbocycles. The molecule has 0 unspecified atom stereocenters. The normalized spacial score (nSPS) is 11.2. The Balaban J connectivity index is 2.00. The molecule has 0 atom stereocenters. The van der Waals surface area contributed by atoms with Gasteiger partial charge in [0.2, 0.25) is 0 Å². The largest absolute Gasteiger partial charge is 0.494 e. The lowest BCUT2D eigenvalue weighted by Gasteiger charge is -2.11. The van der Waals surface area contributed by atoms with Crippen LogP contribution in [-0.4, -0.2) is 27.0 Å². The summed E-state index contributed by atoms with van der Waals surface area (Å²) in [6.07, 6.45) is 3.39. The summed E-state index contributed by atoms with van der Waals surface area (Å²) >= 11 is 0. The summed E-state index contributed by atoms with van der Waals surface area (Å²) in [6, 6.07) is 12.6. The summed E-state index contributed by atoms with van der Waals surface area (Å²) in [4.78, 5) is 30.2. The van der Waals surface area contributed by atoms with Crippen LogP contribution in [0.1, 0.15) is 10.4 Å². The SMILES string of the molecule is COc1cn(C)c2c1c(=O)n(CC(=O)c1ccccc1)c1ncccc21. The summed E-state index contributed by atoms with van der Waals surface area (Å²) < 4.78 is 8.66. The van der Waals surface area contributed by atoms with Gasteiger partial charge in [0.1, 0.15) is 16.8 Å². The maximum Gasteiger partial charge on any atom is 0.265 e. The van der Waals surface area contributed by atoms with Crippen molar-refractivity contribution in [3.05, 3.63) is 70.8 Å². The highest BCUT2D eigenvalue weighted by Crippen LogP contribution is 2.29. The molecule has 130 valence electrons. The highest BCUT2D eigenvalue weighted by molar-refractivity contribution is 6.06. The molecule has 0 aliphatic carbocycles. The number of carbonyl (C=O) groups is 1. The number of methoxy groups -OCH3 is 1. The number of Topliss-reactive ketones (excluding diaryl/α,β-unsaturated/α-hetero) is 1. The molecule has 26 heavy (non-hydrogen) atoms. The molecule has 6 nitrogen and oxygen atoms in total. The monoisotopic (exact) mass is 347 g/mol. The predicted molar refractivity (Wildman–Crippen MR) is 99.8 cm³/mol. The molecule has 0 fully saturated rings. The van der Waals surface area contributed by atoms with E-state index in [0.29, 0.717) is 22.3 Å². The maximum atomic E-state index is 13.2. The van der Waals surface area contributed by atoms with E-state index in [1.54, 1.807) is 36.7 Å². The van der Waals surface area contributed by atoms with E-state index < -0.39 is 0 Å². The first kappa shape index (κ1) is 16.1. The van der Waals surface area contributed by atoms with Gasteiger partial charge in [-0.2, -0.15) is 0 Å². The van der Waals surface area contributed by atoms with Crippen molar-refractivity contribution in [2.24, 2.45) is 7.05 Å². The Morgan fingerprint density at radius 1 is 1.15 bits per heavy atom. The fourth-order valence-corrected chi connectivity index (χ4v) is 3.32. The van der Waals surface area contributed by atoms with E-state index in [4.69, 9.17) is 4.74 Å². The Kier molecular flexibility index (Phi) is 3.80. The second-order valence-electron chi connectivity index (χ2n) is 6.09. The van der Waals surface area contributed by atoms with Gasteiger partial charge in [-0.1, -0.05) is 30.3 Å². The minimum atomic E-state index is -0.284. The molecule has 3 aromatic heterocycles. The lowest BCUT2D eigenvalue weighted by molar-refractivity contribution is 0.0972. The van der Waals surface area contributed by atoms with Crippen molar-refractivity contribution in [3.63, 3.8) is 0 Å². The van der Waals surface area contributed by atoms with Crippen LogP contribution < -0.4 is 10.3 Å². The molecular formula is C20H17N3O3. The van der Waals surface area contributed by atoms with Crippen molar-refractivity contribution >= 4 is 27.7 Å². The molecule has 0 amide bonds. The number of aromatic nitrogens is 3. The molecule has 0 spiro atoms. The number of ether oxygens (including phenoxy) is 1. The van der Waals surface area contributed by atoms with Crippen LogP contribution in [0.3, 0.4) is 0 Å². The highest BCUT2D eigenvalue weighted by atomic mass is 16.5. The zero-order chi connectivity index (χ0) is 18.3. The molecule has 0 aliphatic heterocycles. The van der Waals surface area contributed by atoms with E-state index in [-0.39, 0.29) is 17.9 Å². The average molecular weight is 347 g/mol. The van der Waals surface area contributed by atoms with Crippen LogP contribution in [0.4, 0.5) is 0 Å². The zero-order valence-electron chi connectivity index (χ0n) is 14.5. The zero-order valence-corrected chi connectivity index (χ0v) is 14.5. The van der Waals surface area contributed by atoms with E-state index in [9.17, 15) is 9.59 Å². The quantitative estimate of drug-likeness (QED) is 0.533. The molecule has 4 rings (SSSR count). The van der Waals surface area contributed by atoms with Gasteiger partial charge in [-0.05, 0) is 12.1 Å². The first-order chi connectivity index (χ1) is 12.6. The molecule has 0 aliphatic rings. The molecule has 0 saturated heterocycles. The lowest BCUT2D eigenvalue weighted by atomic mass is 10.1. The van der Waals surface area contributed by atoms with Gasteiger partial charge in [-0.15, -0.1) is 0 Å². The van der Waals surface area contributed by atoms with Crippen LogP contribution in [0.5, 0.6) is 5.75 Å². The predicted octanol–water partition coefficient (Wildman–Crippen LogP) is 2.78. The average Bonchev–Trinajstić information content (AvgIpc) is 3.02. The summed E-state index contributed by atoms with van der Waals surface area (Å²) in [6.45, 7) is -0.0790. The molecule has 4 aromatic rings. The second-order valence-corrected chi connectivity index (χ2v) is 6.09. The fraction of sp³-hybridized carbons (Fsp3) is 0.150. The number of carbonyl (C=O) groups excluding carboxylic acids is 1. The highest BCUT2D eigenvalue weighted by Gasteiger charge is 2.20. The van der Waals surface area contributed by atoms with Gasteiger partial charge < -0.3 is 9.30 Å². The van der Waals surface area contributed by atoms with Gasteiger partial charge in [-0.3, -0.25) is 14.2 Å². The number of benzene rings is 1. The van der Waals surface area contributed by atoms with Crippen LogP contribution >= 0.6 is 0 Å². The molecule has 3 heterocycles. The maximum absolute atomic E-state index is 13.2. The van der Waals surface area contributed by atoms with Crippen molar-refractivity contribution in [3.8, 4) is 5.75 Å². The molecule has 1 aromatic carbocycles. The van der Waals surface area contributed by atoms with Gasteiger partial charge in [0, 0.05) is 30.4 Å². The first-order valence-corrected chi connectivity index (χ1v) is 8.20. The molecule has 0 N–H and O–H groups in total. The van der Waals surface area contributed by atoms with E-state index in [1.165, 1.54) is 11.7 Å². The van der Waals surface area contributed by atoms with Crippen molar-refractivity contribution in [1.82, 2.24) is 14.1 Å². The molecular weight excluding hydrogens is 330 g/mol. The van der Waals surface area contributed by atoms with Gasteiger partial charge in [-0.25, -0.2) is 4.98 Å². The van der Waals surface area contributed by atoms with Gasteiger partial charge in [0.05, 0.1) is 19.2 Å². The van der Waals surface area contributed by atoms with E-state index in [0.717, 1.165) is 10.9 Å². The number of ketones is 1. The minimum absolute atomic E-state index is 0.0790. The van der Waals surface area contributed by atoms with Gasteiger partial charge >= 0.3 is 0 Å². The first-order valence-electron chi connectivity index (χ1n) is 8.20. The van der Waals surface area contributed by atoms with Crippen molar-refractivity contribution in [2.45, 2.75) is 6.54 Å². The van der Waals surface area contributed by atoms with Crippen molar-refractivity contribution < 1.29 is 9.53 Å². The van der Waals surface area contributed by atoms with Crippen molar-refractivity contribution in [2.75, 3.05) is 7.11 Å². The third-order valence-electron chi connectivity index (χ3n) is 4.52. The summed E-state index contributed by atoms with van der Waals surface area (Å²) in [5, 5.41) is 1.25. The van der Waals surface area contributed by atoms with Gasteiger partial charge in [0.25, 0.3) is 5.56 Å². The standard InChI is InChI=1S/C20H17N3O3/c1-22-12-16(26-2)17-18(22)14-9-6-10-21-19(14)23(20(17)25)11-15(24)13-7-4-3-5-8-13/h3-10,12H,11H2,1-2H3. The number of nitrogens with zero attached hydrogens (tertiary/aromatic N) is 3. The second kappa shape index (κ2) is 6.15. The Hall–Kier alpha value is -3.41. The van der Waals surface area contributed by atoms with Gasteiger partial charge in [0.15, 0.2) is 5.78 Å². The molecule has 0 radical (unpaired) electrons. The fourth-order valence-electron chi connectivity index (χ4n) is 3.32. The van der Waals surface area contributed by atoms with Crippen LogP contribution in [0.25, 0.3) is 21.9 Å². The van der Waals surface area contributed by atoms with E-state index in [1.807, 2.05) is 29.8 Å². The van der Waals surface area contributed by atoms with E-state index >= 15 is 0 Å². The Morgan fingerprint density at radius 2 is 1.92 bits per heavy atom. The lowest BCUT2D eigenvalue weighted by Crippen LogP contribution is -2.25. The number of rotatable bonds is 4. The minimum Gasteiger partial charge on any atom is -0.494 e. The molecule has 0 bridgehead atoms. The van der Waals surface area contributed by atoms with Crippen LogP contribution in [0, 0.1) is 0 Å². The Labute approximate surface area is 149 Å². The summed E-state index contributed by atoms with van der Waals surface area (Å²) in [5.74, 6) is 0.341. The van der Waals surface area contributed by atoms with Crippen LogP contribution in [-0.2, 0) is 13.6 Å². The number of fused-ring (bicyclic) bond motifs is 3. The number of pyridine rings is 2. The number of hydrogen-bond acceptors (Lipinski definition) is 4. The third kappa shape index (κ3) is 2.38.